The van der Waals surface area contributed by atoms with Crippen LogP contribution in [-0.2, 0) is 12.8 Å². The molecule has 1 fully saturated rings. The molecule has 0 N–H and O–H groups in total. The maximum Gasteiger partial charge on any atom is 0.191 e. The highest BCUT2D eigenvalue weighted by Gasteiger charge is 2.17. The first kappa shape index (κ1) is 19.3. The Kier molecular flexibility index (Phi) is 5.87. The van der Waals surface area contributed by atoms with Crippen LogP contribution in [0.25, 0.3) is 11.4 Å². The molecule has 146 valence electrons. The molecule has 3 aromatic rings. The number of nitrogens with zero attached hydrogens (tertiary/aromatic N) is 3. The van der Waals surface area contributed by atoms with E-state index in [1.807, 2.05) is 35.9 Å². The fourth-order valence-corrected chi connectivity index (χ4v) is 4.63. The van der Waals surface area contributed by atoms with Gasteiger partial charge in [-0.15, -0.1) is 10.2 Å². The van der Waals surface area contributed by atoms with E-state index in [0.29, 0.717) is 27.6 Å². The highest BCUT2D eigenvalue weighted by molar-refractivity contribution is 7.98. The fourth-order valence-electron chi connectivity index (χ4n) is 3.38. The van der Waals surface area contributed by atoms with E-state index in [9.17, 15) is 4.39 Å². The van der Waals surface area contributed by atoms with Crippen molar-refractivity contribution in [2.75, 3.05) is 0 Å². The zero-order valence-corrected chi connectivity index (χ0v) is 17.1. The van der Waals surface area contributed by atoms with Crippen molar-refractivity contribution in [3.63, 3.8) is 0 Å². The first-order chi connectivity index (χ1) is 13.6. The lowest BCUT2D eigenvalue weighted by Crippen LogP contribution is -2.10. The van der Waals surface area contributed by atoms with Crippen molar-refractivity contribution in [3.05, 3.63) is 58.9 Å². The van der Waals surface area contributed by atoms with Gasteiger partial charge in [0.2, 0.25) is 0 Å². The van der Waals surface area contributed by atoms with Crippen molar-refractivity contribution < 1.29 is 9.13 Å². The zero-order chi connectivity index (χ0) is 19.5. The summed E-state index contributed by atoms with van der Waals surface area (Å²) in [4.78, 5) is 0. The maximum absolute atomic E-state index is 14.0. The van der Waals surface area contributed by atoms with Gasteiger partial charge in [-0.1, -0.05) is 29.4 Å². The van der Waals surface area contributed by atoms with Crippen LogP contribution in [0.15, 0.2) is 47.6 Å². The smallest absolute Gasteiger partial charge is 0.191 e. The van der Waals surface area contributed by atoms with E-state index < -0.39 is 0 Å². The van der Waals surface area contributed by atoms with Gasteiger partial charge >= 0.3 is 0 Å². The van der Waals surface area contributed by atoms with Gasteiger partial charge in [-0.05, 0) is 62.1 Å². The second-order valence-corrected chi connectivity index (χ2v) is 8.25. The predicted octanol–water partition coefficient (Wildman–Crippen LogP) is 5.89. The molecule has 0 aliphatic heterocycles. The molecule has 0 atom stereocenters. The molecule has 1 saturated carbocycles. The number of ether oxygens (including phenoxy) is 1. The second-order valence-electron chi connectivity index (χ2n) is 6.90. The van der Waals surface area contributed by atoms with Crippen molar-refractivity contribution in [1.29, 1.82) is 0 Å². The zero-order valence-electron chi connectivity index (χ0n) is 15.6. The summed E-state index contributed by atoms with van der Waals surface area (Å²) >= 11 is 7.51. The third-order valence-corrected chi connectivity index (χ3v) is 6.36. The Balaban J connectivity index is 1.45. The molecule has 0 unspecified atom stereocenters. The van der Waals surface area contributed by atoms with Crippen LogP contribution >= 0.6 is 23.4 Å². The number of benzene rings is 2. The third-order valence-electron chi connectivity index (χ3n) is 4.96. The molecule has 1 aliphatic carbocycles. The van der Waals surface area contributed by atoms with Crippen molar-refractivity contribution in [2.45, 2.75) is 42.7 Å². The Morgan fingerprint density at radius 1 is 1.14 bits per heavy atom. The van der Waals surface area contributed by atoms with Crippen molar-refractivity contribution in [1.82, 2.24) is 14.8 Å². The molecule has 0 spiro atoms. The topological polar surface area (TPSA) is 39.9 Å². The van der Waals surface area contributed by atoms with E-state index in [1.165, 1.54) is 30.7 Å². The summed E-state index contributed by atoms with van der Waals surface area (Å²) in [6.07, 6.45) is 5.12. The van der Waals surface area contributed by atoms with Crippen LogP contribution in [0.3, 0.4) is 0 Å². The lowest BCUT2D eigenvalue weighted by molar-refractivity contribution is 0.210. The quantitative estimate of drug-likeness (QED) is 0.469. The van der Waals surface area contributed by atoms with Gasteiger partial charge in [0.1, 0.15) is 11.6 Å². The van der Waals surface area contributed by atoms with Gasteiger partial charge in [0.25, 0.3) is 0 Å². The van der Waals surface area contributed by atoms with E-state index in [0.717, 1.165) is 30.0 Å². The summed E-state index contributed by atoms with van der Waals surface area (Å²) in [6, 6.07) is 12.7. The molecule has 0 amide bonds. The van der Waals surface area contributed by atoms with Gasteiger partial charge in [0.15, 0.2) is 11.0 Å². The molecular formula is C21H21ClFN3OS. The standard InChI is InChI=1S/C21H21ClFN3OS/c1-26-20(14-9-11-16(12-10-14)27-15-5-2-3-6-15)24-25-21(26)28-13-17-18(22)7-4-8-19(17)23/h4,7-12,15H,2-3,5-6,13H2,1H3. The Morgan fingerprint density at radius 3 is 2.61 bits per heavy atom. The highest BCUT2D eigenvalue weighted by Crippen LogP contribution is 2.30. The summed E-state index contributed by atoms with van der Waals surface area (Å²) < 4.78 is 21.9. The molecule has 4 nitrogen and oxygen atoms in total. The minimum absolute atomic E-state index is 0.305. The molecular weight excluding hydrogens is 397 g/mol. The van der Waals surface area contributed by atoms with E-state index in [-0.39, 0.29) is 5.82 Å². The Labute approximate surface area is 173 Å². The number of hydrogen-bond donors (Lipinski definition) is 0. The number of rotatable bonds is 6. The molecule has 1 aromatic heterocycles. The largest absolute Gasteiger partial charge is 0.490 e. The molecule has 7 heteroatoms. The molecule has 4 rings (SSSR count). The highest BCUT2D eigenvalue weighted by atomic mass is 35.5. The van der Waals surface area contributed by atoms with Crippen LogP contribution in [0.1, 0.15) is 31.2 Å². The molecule has 0 radical (unpaired) electrons. The van der Waals surface area contributed by atoms with Gasteiger partial charge in [0, 0.05) is 29.0 Å². The third kappa shape index (κ3) is 4.18. The molecule has 28 heavy (non-hydrogen) atoms. The Hall–Kier alpha value is -2.05. The number of aromatic nitrogens is 3. The summed E-state index contributed by atoms with van der Waals surface area (Å²) in [5.41, 5.74) is 1.44. The molecule has 0 bridgehead atoms. The average molecular weight is 418 g/mol. The van der Waals surface area contributed by atoms with Crippen molar-refractivity contribution >= 4 is 23.4 Å². The summed E-state index contributed by atoms with van der Waals surface area (Å²) in [6.45, 7) is 0. The van der Waals surface area contributed by atoms with E-state index >= 15 is 0 Å². The predicted molar refractivity (Wildman–Crippen MR) is 110 cm³/mol. The maximum atomic E-state index is 14.0. The second kappa shape index (κ2) is 8.53. The number of thioether (sulfide) groups is 1. The monoisotopic (exact) mass is 417 g/mol. The van der Waals surface area contributed by atoms with Crippen molar-refractivity contribution in [3.8, 4) is 17.1 Å². The normalized spacial score (nSPS) is 14.5. The minimum Gasteiger partial charge on any atom is -0.490 e. The number of hydrogen-bond acceptors (Lipinski definition) is 4. The minimum atomic E-state index is -0.305. The van der Waals surface area contributed by atoms with E-state index in [4.69, 9.17) is 16.3 Å². The van der Waals surface area contributed by atoms with Gasteiger partial charge in [-0.25, -0.2) is 4.39 Å². The van der Waals surface area contributed by atoms with Crippen LogP contribution in [0.2, 0.25) is 5.02 Å². The SMILES string of the molecule is Cn1c(SCc2c(F)cccc2Cl)nnc1-c1ccc(OC2CCCC2)cc1. The van der Waals surface area contributed by atoms with E-state index in [2.05, 4.69) is 10.2 Å². The Bertz CT molecular complexity index is 935. The lowest BCUT2D eigenvalue weighted by atomic mass is 10.2. The van der Waals surface area contributed by atoms with Gasteiger partial charge in [-0.2, -0.15) is 0 Å². The van der Waals surface area contributed by atoms with Gasteiger partial charge < -0.3 is 9.30 Å². The van der Waals surface area contributed by atoms with Crippen molar-refractivity contribution in [2.24, 2.45) is 7.05 Å². The number of halogens is 2. The van der Waals surface area contributed by atoms with Crippen LogP contribution in [0.4, 0.5) is 4.39 Å². The first-order valence-corrected chi connectivity index (χ1v) is 10.7. The Morgan fingerprint density at radius 2 is 1.89 bits per heavy atom. The molecule has 1 aliphatic rings. The summed E-state index contributed by atoms with van der Waals surface area (Å²) in [7, 11) is 1.91. The lowest BCUT2D eigenvalue weighted by Gasteiger charge is -2.13. The van der Waals surface area contributed by atoms with Gasteiger partial charge in [0.05, 0.1) is 6.10 Å². The average Bonchev–Trinajstić information content (AvgIpc) is 3.32. The fraction of sp³-hybridized carbons (Fsp3) is 0.333. The van der Waals surface area contributed by atoms with Crippen LogP contribution in [-0.4, -0.2) is 20.9 Å². The van der Waals surface area contributed by atoms with E-state index in [1.54, 1.807) is 12.1 Å². The van der Waals surface area contributed by atoms with Crippen LogP contribution in [0, 0.1) is 5.82 Å². The first-order valence-electron chi connectivity index (χ1n) is 9.34. The van der Waals surface area contributed by atoms with Gasteiger partial charge in [-0.3, -0.25) is 0 Å². The molecule has 1 heterocycles. The van der Waals surface area contributed by atoms with Crippen LogP contribution in [0.5, 0.6) is 5.75 Å². The molecule has 0 saturated heterocycles. The summed E-state index contributed by atoms with van der Waals surface area (Å²) in [5, 5.41) is 9.68. The summed E-state index contributed by atoms with van der Waals surface area (Å²) in [5.74, 6) is 1.74. The molecule has 2 aromatic carbocycles. The van der Waals surface area contributed by atoms with Crippen LogP contribution < -0.4 is 4.74 Å².